The fourth-order valence-corrected chi connectivity index (χ4v) is 2.23. The van der Waals surface area contributed by atoms with Crippen molar-refractivity contribution >= 4 is 11.6 Å². The molecule has 1 fully saturated rings. The lowest BCUT2D eigenvalue weighted by molar-refractivity contribution is 0.0954. The Morgan fingerprint density at radius 1 is 1.28 bits per heavy atom. The molecule has 1 aromatic carbocycles. The van der Waals surface area contributed by atoms with Crippen molar-refractivity contribution in [1.82, 2.24) is 5.43 Å². The number of aryl methyl sites for hydroxylation is 1. The van der Waals surface area contributed by atoms with Crippen molar-refractivity contribution in [2.75, 3.05) is 0 Å². The molecule has 2 rings (SSSR count). The summed E-state index contributed by atoms with van der Waals surface area (Å²) in [6.07, 6.45) is 4.64. The summed E-state index contributed by atoms with van der Waals surface area (Å²) in [6, 6.07) is 7.53. The fraction of sp³-hybridized carbons (Fsp3) is 0.467. The molecule has 0 spiro atoms. The second-order valence-electron chi connectivity index (χ2n) is 5.06. The Labute approximate surface area is 108 Å². The van der Waals surface area contributed by atoms with E-state index in [0.29, 0.717) is 11.5 Å². The van der Waals surface area contributed by atoms with Gasteiger partial charge in [-0.2, -0.15) is 5.10 Å². The molecule has 3 nitrogen and oxygen atoms in total. The summed E-state index contributed by atoms with van der Waals surface area (Å²) < 4.78 is 0. The Balaban J connectivity index is 1.99. The minimum atomic E-state index is -0.125. The molecule has 0 saturated heterocycles. The third-order valence-electron chi connectivity index (χ3n) is 3.50. The first-order valence-electron chi connectivity index (χ1n) is 6.60. The minimum absolute atomic E-state index is 0.125. The predicted molar refractivity (Wildman–Crippen MR) is 73.7 cm³/mol. The zero-order valence-electron chi connectivity index (χ0n) is 11.1. The summed E-state index contributed by atoms with van der Waals surface area (Å²) in [6.45, 7) is 4.18. The van der Waals surface area contributed by atoms with E-state index in [9.17, 15) is 4.79 Å². The number of carbonyl (C=O) groups is 1. The SMILES string of the molecule is Cc1ccc(C(=O)NN=C2CCCCC2C)cc1. The van der Waals surface area contributed by atoms with Crippen LogP contribution in [0.2, 0.25) is 0 Å². The molecule has 1 aliphatic rings. The average Bonchev–Trinajstić information content (AvgIpc) is 2.38. The maximum absolute atomic E-state index is 11.9. The van der Waals surface area contributed by atoms with Gasteiger partial charge in [-0.15, -0.1) is 0 Å². The Kier molecular flexibility index (Phi) is 4.13. The van der Waals surface area contributed by atoms with E-state index < -0.39 is 0 Å². The first-order valence-corrected chi connectivity index (χ1v) is 6.60. The molecule has 96 valence electrons. The molecule has 18 heavy (non-hydrogen) atoms. The number of hydrogen-bond donors (Lipinski definition) is 1. The van der Waals surface area contributed by atoms with Crippen LogP contribution in [0.15, 0.2) is 29.4 Å². The van der Waals surface area contributed by atoms with Gasteiger partial charge >= 0.3 is 0 Å². The second-order valence-corrected chi connectivity index (χ2v) is 5.06. The third-order valence-corrected chi connectivity index (χ3v) is 3.50. The first-order chi connectivity index (χ1) is 8.66. The van der Waals surface area contributed by atoms with E-state index in [2.05, 4.69) is 17.5 Å². The molecule has 0 radical (unpaired) electrons. The Morgan fingerprint density at radius 3 is 2.67 bits per heavy atom. The molecular weight excluding hydrogens is 224 g/mol. The molecule has 3 heteroatoms. The number of hydrazone groups is 1. The summed E-state index contributed by atoms with van der Waals surface area (Å²) in [5, 5.41) is 4.28. The zero-order valence-corrected chi connectivity index (χ0v) is 11.1. The zero-order chi connectivity index (χ0) is 13.0. The lowest BCUT2D eigenvalue weighted by atomic mass is 9.89. The van der Waals surface area contributed by atoms with Gasteiger partial charge in [0.2, 0.25) is 0 Å². The van der Waals surface area contributed by atoms with Gasteiger partial charge in [-0.25, -0.2) is 5.43 Å². The van der Waals surface area contributed by atoms with Gasteiger partial charge in [-0.3, -0.25) is 4.79 Å². The van der Waals surface area contributed by atoms with Crippen LogP contribution in [0.4, 0.5) is 0 Å². The molecule has 1 N–H and O–H groups in total. The average molecular weight is 244 g/mol. The van der Waals surface area contributed by atoms with E-state index in [1.54, 1.807) is 0 Å². The topological polar surface area (TPSA) is 41.5 Å². The quantitative estimate of drug-likeness (QED) is 0.797. The molecule has 1 amide bonds. The number of hydrogen-bond acceptors (Lipinski definition) is 2. The summed E-state index contributed by atoms with van der Waals surface area (Å²) >= 11 is 0. The van der Waals surface area contributed by atoms with Crippen molar-refractivity contribution in [3.05, 3.63) is 35.4 Å². The van der Waals surface area contributed by atoms with Crippen molar-refractivity contribution in [1.29, 1.82) is 0 Å². The van der Waals surface area contributed by atoms with Crippen LogP contribution in [-0.4, -0.2) is 11.6 Å². The van der Waals surface area contributed by atoms with Crippen LogP contribution in [0, 0.1) is 12.8 Å². The maximum atomic E-state index is 11.9. The van der Waals surface area contributed by atoms with Crippen molar-refractivity contribution < 1.29 is 4.79 Å². The molecule has 0 bridgehead atoms. The van der Waals surface area contributed by atoms with Gasteiger partial charge in [0.25, 0.3) is 5.91 Å². The van der Waals surface area contributed by atoms with E-state index >= 15 is 0 Å². The van der Waals surface area contributed by atoms with Gasteiger partial charge in [0.15, 0.2) is 0 Å². The number of amides is 1. The van der Waals surface area contributed by atoms with Gasteiger partial charge in [0.1, 0.15) is 0 Å². The molecular formula is C15H20N2O. The van der Waals surface area contributed by atoms with Crippen LogP contribution in [0.25, 0.3) is 0 Å². The third kappa shape index (κ3) is 3.19. The molecule has 1 aliphatic carbocycles. The van der Waals surface area contributed by atoms with Crippen LogP contribution in [0.5, 0.6) is 0 Å². The number of rotatable bonds is 2. The molecule has 0 aromatic heterocycles. The Bertz CT molecular complexity index is 448. The van der Waals surface area contributed by atoms with Crippen molar-refractivity contribution in [3.63, 3.8) is 0 Å². The van der Waals surface area contributed by atoms with Crippen molar-refractivity contribution in [3.8, 4) is 0 Å². The normalized spacial score (nSPS) is 21.9. The lowest BCUT2D eigenvalue weighted by Crippen LogP contribution is -2.24. The van der Waals surface area contributed by atoms with Crippen LogP contribution in [0.1, 0.15) is 48.5 Å². The summed E-state index contributed by atoms with van der Waals surface area (Å²) in [4.78, 5) is 11.9. The second kappa shape index (κ2) is 5.80. The smallest absolute Gasteiger partial charge is 0.267 e. The minimum Gasteiger partial charge on any atom is -0.267 e. The van der Waals surface area contributed by atoms with E-state index in [1.165, 1.54) is 19.3 Å². The van der Waals surface area contributed by atoms with Crippen molar-refractivity contribution in [2.24, 2.45) is 11.0 Å². The monoisotopic (exact) mass is 244 g/mol. The molecule has 0 aliphatic heterocycles. The number of carbonyl (C=O) groups excluding carboxylic acids is 1. The Hall–Kier alpha value is -1.64. The van der Waals surface area contributed by atoms with Gasteiger partial charge in [0.05, 0.1) is 0 Å². The predicted octanol–water partition coefficient (Wildman–Crippen LogP) is 3.29. The first kappa shape index (κ1) is 12.8. The molecule has 1 unspecified atom stereocenters. The summed E-state index contributed by atoms with van der Waals surface area (Å²) in [7, 11) is 0. The van der Waals surface area contributed by atoms with Crippen LogP contribution < -0.4 is 5.43 Å². The molecule has 1 aromatic rings. The summed E-state index contributed by atoms with van der Waals surface area (Å²) in [5.41, 5.74) is 5.61. The van der Waals surface area contributed by atoms with Gasteiger partial charge in [0, 0.05) is 11.3 Å². The molecule has 1 atom stereocenters. The van der Waals surface area contributed by atoms with E-state index in [-0.39, 0.29) is 5.91 Å². The Morgan fingerprint density at radius 2 is 2.00 bits per heavy atom. The number of benzene rings is 1. The van der Waals surface area contributed by atoms with E-state index in [0.717, 1.165) is 17.7 Å². The van der Waals surface area contributed by atoms with E-state index in [1.807, 2.05) is 31.2 Å². The fourth-order valence-electron chi connectivity index (χ4n) is 2.23. The molecule has 0 heterocycles. The highest BCUT2D eigenvalue weighted by Gasteiger charge is 2.16. The van der Waals surface area contributed by atoms with Crippen LogP contribution in [0.3, 0.4) is 0 Å². The number of nitrogens with one attached hydrogen (secondary N) is 1. The highest BCUT2D eigenvalue weighted by atomic mass is 16.2. The van der Waals surface area contributed by atoms with Crippen LogP contribution >= 0.6 is 0 Å². The molecule has 1 saturated carbocycles. The van der Waals surface area contributed by atoms with Crippen molar-refractivity contribution in [2.45, 2.75) is 39.5 Å². The maximum Gasteiger partial charge on any atom is 0.271 e. The van der Waals surface area contributed by atoms with Gasteiger partial charge in [-0.1, -0.05) is 31.0 Å². The number of nitrogens with zero attached hydrogens (tertiary/aromatic N) is 1. The van der Waals surface area contributed by atoms with Gasteiger partial charge < -0.3 is 0 Å². The highest BCUT2D eigenvalue weighted by molar-refractivity contribution is 5.95. The van der Waals surface area contributed by atoms with E-state index in [4.69, 9.17) is 0 Å². The van der Waals surface area contributed by atoms with Crippen LogP contribution in [-0.2, 0) is 0 Å². The standard InChI is InChI=1S/C15H20N2O/c1-11-7-9-13(10-8-11)15(18)17-16-14-6-4-3-5-12(14)2/h7-10,12H,3-6H2,1-2H3,(H,17,18). The lowest BCUT2D eigenvalue weighted by Gasteiger charge is -2.19. The largest absolute Gasteiger partial charge is 0.271 e. The van der Waals surface area contributed by atoms with Gasteiger partial charge in [-0.05, 0) is 44.2 Å². The summed E-state index contributed by atoms with van der Waals surface area (Å²) in [5.74, 6) is 0.373. The highest BCUT2D eigenvalue weighted by Crippen LogP contribution is 2.20.